The fraction of sp³-hybridized carbons (Fsp3) is 0.188. The van der Waals surface area contributed by atoms with Crippen LogP contribution in [0.4, 0.5) is 10.1 Å². The van der Waals surface area contributed by atoms with E-state index in [1.54, 1.807) is 18.2 Å². The molecule has 8 heteroatoms. The van der Waals surface area contributed by atoms with Gasteiger partial charge in [0, 0.05) is 17.1 Å². The summed E-state index contributed by atoms with van der Waals surface area (Å²) in [6.45, 7) is 0.0452. The van der Waals surface area contributed by atoms with E-state index in [4.69, 9.17) is 11.6 Å². The second kappa shape index (κ2) is 7.63. The molecule has 0 aliphatic carbocycles. The van der Waals surface area contributed by atoms with E-state index in [0.717, 1.165) is 16.6 Å². The highest BCUT2D eigenvalue weighted by atomic mass is 35.5. The molecular formula is C16H16ClFN2O3S. The molecule has 0 aromatic heterocycles. The molecule has 0 bridgehead atoms. The Morgan fingerprint density at radius 2 is 1.92 bits per heavy atom. The van der Waals surface area contributed by atoms with E-state index in [1.807, 2.05) is 0 Å². The van der Waals surface area contributed by atoms with Crippen LogP contribution in [0.5, 0.6) is 0 Å². The standard InChI is InChI=1S/C16H16ClFN2O3S/c1-24(22,23)20(15-7-3-6-14(18)11-15)9-8-19-16(21)12-4-2-5-13(17)10-12/h2-7,10-11H,8-9H2,1H3,(H,19,21). The quantitative estimate of drug-likeness (QED) is 0.850. The van der Waals surface area contributed by atoms with Crippen molar-refractivity contribution in [2.24, 2.45) is 0 Å². The molecule has 2 aromatic carbocycles. The lowest BCUT2D eigenvalue weighted by atomic mass is 10.2. The van der Waals surface area contributed by atoms with Crippen molar-refractivity contribution in [3.05, 3.63) is 64.9 Å². The number of nitrogens with one attached hydrogen (secondary N) is 1. The second-order valence-electron chi connectivity index (χ2n) is 5.08. The van der Waals surface area contributed by atoms with E-state index in [-0.39, 0.29) is 24.7 Å². The SMILES string of the molecule is CS(=O)(=O)N(CCNC(=O)c1cccc(Cl)c1)c1cccc(F)c1. The van der Waals surface area contributed by atoms with Gasteiger partial charge in [-0.1, -0.05) is 23.7 Å². The molecule has 0 unspecified atom stereocenters. The summed E-state index contributed by atoms with van der Waals surface area (Å²) >= 11 is 5.83. The molecule has 0 radical (unpaired) electrons. The first-order valence-corrected chi connectivity index (χ1v) is 9.27. The Bertz CT molecular complexity index is 843. The summed E-state index contributed by atoms with van der Waals surface area (Å²) in [4.78, 5) is 12.0. The van der Waals surface area contributed by atoms with Gasteiger partial charge in [-0.05, 0) is 36.4 Å². The molecule has 0 saturated heterocycles. The first kappa shape index (κ1) is 18.2. The van der Waals surface area contributed by atoms with Gasteiger partial charge in [0.05, 0.1) is 18.5 Å². The maximum atomic E-state index is 13.3. The summed E-state index contributed by atoms with van der Waals surface area (Å²) in [6.07, 6.45) is 1.02. The van der Waals surface area contributed by atoms with Crippen LogP contribution in [0.1, 0.15) is 10.4 Å². The molecule has 0 fully saturated rings. The molecule has 0 atom stereocenters. The van der Waals surface area contributed by atoms with Crippen LogP contribution in [-0.2, 0) is 10.0 Å². The summed E-state index contributed by atoms with van der Waals surface area (Å²) in [5.74, 6) is -0.908. The van der Waals surface area contributed by atoms with Crippen molar-refractivity contribution in [1.82, 2.24) is 5.32 Å². The maximum absolute atomic E-state index is 13.3. The molecule has 24 heavy (non-hydrogen) atoms. The van der Waals surface area contributed by atoms with E-state index in [2.05, 4.69) is 5.32 Å². The molecule has 0 aliphatic heterocycles. The van der Waals surface area contributed by atoms with Gasteiger partial charge in [-0.3, -0.25) is 9.10 Å². The van der Waals surface area contributed by atoms with Gasteiger partial charge in [0.2, 0.25) is 10.0 Å². The number of hydrogen-bond donors (Lipinski definition) is 1. The van der Waals surface area contributed by atoms with Crippen LogP contribution in [0.25, 0.3) is 0 Å². The lowest BCUT2D eigenvalue weighted by molar-refractivity contribution is 0.0955. The first-order chi connectivity index (χ1) is 11.3. The molecule has 2 rings (SSSR count). The van der Waals surface area contributed by atoms with Crippen molar-refractivity contribution in [1.29, 1.82) is 0 Å². The third-order valence-electron chi connectivity index (χ3n) is 3.18. The summed E-state index contributed by atoms with van der Waals surface area (Å²) in [5.41, 5.74) is 0.577. The average Bonchev–Trinajstić information content (AvgIpc) is 2.50. The van der Waals surface area contributed by atoms with Crippen LogP contribution in [0.15, 0.2) is 48.5 Å². The molecule has 0 spiro atoms. The summed E-state index contributed by atoms with van der Waals surface area (Å²) in [6, 6.07) is 11.7. The van der Waals surface area contributed by atoms with Crippen molar-refractivity contribution in [2.75, 3.05) is 23.7 Å². The van der Waals surface area contributed by atoms with Crippen LogP contribution in [0.2, 0.25) is 5.02 Å². The number of sulfonamides is 1. The average molecular weight is 371 g/mol. The van der Waals surface area contributed by atoms with Gasteiger partial charge >= 0.3 is 0 Å². The zero-order valence-corrected chi connectivity index (χ0v) is 14.4. The second-order valence-corrected chi connectivity index (χ2v) is 7.42. The number of anilines is 1. The van der Waals surface area contributed by atoms with Gasteiger partial charge < -0.3 is 5.32 Å². The van der Waals surface area contributed by atoms with Crippen molar-refractivity contribution < 1.29 is 17.6 Å². The van der Waals surface area contributed by atoms with E-state index in [9.17, 15) is 17.6 Å². The largest absolute Gasteiger partial charge is 0.350 e. The van der Waals surface area contributed by atoms with Gasteiger partial charge in [-0.2, -0.15) is 0 Å². The molecule has 5 nitrogen and oxygen atoms in total. The lowest BCUT2D eigenvalue weighted by Gasteiger charge is -2.22. The normalized spacial score (nSPS) is 11.1. The minimum absolute atomic E-state index is 0.0193. The predicted molar refractivity (Wildman–Crippen MR) is 92.4 cm³/mol. The van der Waals surface area contributed by atoms with E-state index >= 15 is 0 Å². The van der Waals surface area contributed by atoms with Crippen LogP contribution < -0.4 is 9.62 Å². The highest BCUT2D eigenvalue weighted by Crippen LogP contribution is 2.18. The van der Waals surface area contributed by atoms with E-state index in [0.29, 0.717) is 10.6 Å². The van der Waals surface area contributed by atoms with Crippen molar-refractivity contribution in [2.45, 2.75) is 0 Å². The molecule has 0 saturated carbocycles. The third-order valence-corrected chi connectivity index (χ3v) is 4.61. The maximum Gasteiger partial charge on any atom is 0.251 e. The fourth-order valence-corrected chi connectivity index (χ4v) is 3.23. The molecule has 0 heterocycles. The van der Waals surface area contributed by atoms with Crippen molar-refractivity contribution in [3.63, 3.8) is 0 Å². The molecular weight excluding hydrogens is 355 g/mol. The zero-order chi connectivity index (χ0) is 17.7. The number of amides is 1. The van der Waals surface area contributed by atoms with Crippen molar-refractivity contribution in [3.8, 4) is 0 Å². The molecule has 1 N–H and O–H groups in total. The van der Waals surface area contributed by atoms with Crippen molar-refractivity contribution >= 4 is 33.2 Å². The molecule has 0 aliphatic rings. The Kier molecular flexibility index (Phi) is 5.80. The van der Waals surface area contributed by atoms with Crippen LogP contribution >= 0.6 is 11.6 Å². The Labute approximate surface area is 145 Å². The monoisotopic (exact) mass is 370 g/mol. The van der Waals surface area contributed by atoms with Gasteiger partial charge in [-0.25, -0.2) is 12.8 Å². The topological polar surface area (TPSA) is 66.5 Å². The Morgan fingerprint density at radius 3 is 2.54 bits per heavy atom. The van der Waals surface area contributed by atoms with Crippen LogP contribution in [-0.4, -0.2) is 33.7 Å². The number of halogens is 2. The summed E-state index contributed by atoms with van der Waals surface area (Å²) < 4.78 is 38.2. The number of benzene rings is 2. The molecule has 1 amide bonds. The smallest absolute Gasteiger partial charge is 0.251 e. The lowest BCUT2D eigenvalue weighted by Crippen LogP contribution is -2.38. The number of carbonyl (C=O) groups is 1. The van der Waals surface area contributed by atoms with E-state index < -0.39 is 15.8 Å². The van der Waals surface area contributed by atoms with Gasteiger partial charge in [0.15, 0.2) is 0 Å². The highest BCUT2D eigenvalue weighted by Gasteiger charge is 2.18. The van der Waals surface area contributed by atoms with E-state index in [1.165, 1.54) is 24.3 Å². The minimum Gasteiger partial charge on any atom is -0.350 e. The summed E-state index contributed by atoms with van der Waals surface area (Å²) in [7, 11) is -3.61. The Balaban J connectivity index is 2.05. The zero-order valence-electron chi connectivity index (χ0n) is 12.9. The van der Waals surface area contributed by atoms with Crippen LogP contribution in [0.3, 0.4) is 0 Å². The molecule has 128 valence electrons. The highest BCUT2D eigenvalue weighted by molar-refractivity contribution is 7.92. The number of hydrogen-bond acceptors (Lipinski definition) is 3. The summed E-state index contributed by atoms with van der Waals surface area (Å²) in [5, 5.41) is 3.05. The van der Waals surface area contributed by atoms with Gasteiger partial charge in [0.25, 0.3) is 5.91 Å². The Morgan fingerprint density at radius 1 is 1.21 bits per heavy atom. The number of carbonyl (C=O) groups excluding carboxylic acids is 1. The number of rotatable bonds is 6. The molecule has 2 aromatic rings. The first-order valence-electron chi connectivity index (χ1n) is 7.04. The minimum atomic E-state index is -3.61. The van der Waals surface area contributed by atoms with Gasteiger partial charge in [-0.15, -0.1) is 0 Å². The fourth-order valence-electron chi connectivity index (χ4n) is 2.12. The third kappa shape index (κ3) is 4.94. The van der Waals surface area contributed by atoms with Crippen LogP contribution in [0, 0.1) is 5.82 Å². The van der Waals surface area contributed by atoms with Gasteiger partial charge in [0.1, 0.15) is 5.82 Å². The Hall–Kier alpha value is -2.12. The number of nitrogens with zero attached hydrogens (tertiary/aromatic N) is 1. The predicted octanol–water partition coefficient (Wildman–Crippen LogP) is 2.68.